The van der Waals surface area contributed by atoms with Crippen molar-refractivity contribution in [3.05, 3.63) is 18.2 Å². The van der Waals surface area contributed by atoms with Gasteiger partial charge in [-0.15, -0.1) is 0 Å². The molecule has 20 heavy (non-hydrogen) atoms. The van der Waals surface area contributed by atoms with E-state index >= 15 is 0 Å². The van der Waals surface area contributed by atoms with Crippen molar-refractivity contribution < 1.29 is 19.4 Å². The van der Waals surface area contributed by atoms with Crippen LogP contribution in [0.15, 0.2) is 12.5 Å². The predicted octanol–water partition coefficient (Wildman–Crippen LogP) is 1.23. The standard InChI is InChI=1S/C13H21N3O4/c1-13(2,3)20-12(19)8(11(17)18)4-5-9(14)10-6-15-7-16-10/h6-9H,4-5,14H2,1-3H3,(H,15,16)(H,17,18). The quantitative estimate of drug-likeness (QED) is 0.534. The Morgan fingerprint density at radius 2 is 2.10 bits per heavy atom. The van der Waals surface area contributed by atoms with E-state index < -0.39 is 23.5 Å². The van der Waals surface area contributed by atoms with Gasteiger partial charge in [0.05, 0.1) is 12.0 Å². The van der Waals surface area contributed by atoms with Gasteiger partial charge in [0.1, 0.15) is 5.60 Å². The molecule has 0 aromatic carbocycles. The van der Waals surface area contributed by atoms with Crippen LogP contribution in [-0.4, -0.2) is 32.6 Å². The molecule has 7 nitrogen and oxygen atoms in total. The number of carbonyl (C=O) groups is 2. The van der Waals surface area contributed by atoms with Gasteiger partial charge >= 0.3 is 11.9 Å². The summed E-state index contributed by atoms with van der Waals surface area (Å²) in [7, 11) is 0. The van der Waals surface area contributed by atoms with E-state index in [1.54, 1.807) is 27.0 Å². The van der Waals surface area contributed by atoms with Crippen LogP contribution in [0.25, 0.3) is 0 Å². The Kier molecular flexibility index (Phi) is 5.26. The molecule has 112 valence electrons. The molecule has 2 unspecified atom stereocenters. The van der Waals surface area contributed by atoms with E-state index in [4.69, 9.17) is 15.6 Å². The largest absolute Gasteiger partial charge is 0.481 e. The summed E-state index contributed by atoms with van der Waals surface area (Å²) in [6, 6.07) is -0.387. The molecule has 0 fully saturated rings. The lowest BCUT2D eigenvalue weighted by Gasteiger charge is -2.22. The molecule has 7 heteroatoms. The first-order chi connectivity index (χ1) is 9.20. The van der Waals surface area contributed by atoms with Crippen LogP contribution in [0.5, 0.6) is 0 Å². The fraction of sp³-hybridized carbons (Fsp3) is 0.615. The molecule has 0 saturated heterocycles. The second kappa shape index (κ2) is 6.51. The molecule has 0 amide bonds. The zero-order valence-corrected chi connectivity index (χ0v) is 11.9. The number of rotatable bonds is 6. The SMILES string of the molecule is CC(C)(C)OC(=O)C(CCC(N)c1cnc[nH]1)C(=O)O. The molecule has 0 aliphatic carbocycles. The van der Waals surface area contributed by atoms with Crippen LogP contribution in [0.3, 0.4) is 0 Å². The van der Waals surface area contributed by atoms with E-state index in [1.807, 2.05) is 0 Å². The Balaban J connectivity index is 2.60. The fourth-order valence-corrected chi connectivity index (χ4v) is 1.69. The molecular weight excluding hydrogens is 262 g/mol. The van der Waals surface area contributed by atoms with Gasteiger partial charge in [-0.3, -0.25) is 9.59 Å². The van der Waals surface area contributed by atoms with E-state index in [9.17, 15) is 9.59 Å². The molecule has 0 bridgehead atoms. The summed E-state index contributed by atoms with van der Waals surface area (Å²) < 4.78 is 5.10. The van der Waals surface area contributed by atoms with Crippen molar-refractivity contribution in [3.8, 4) is 0 Å². The van der Waals surface area contributed by atoms with Gasteiger partial charge in [-0.25, -0.2) is 4.98 Å². The number of nitrogens with two attached hydrogens (primary N) is 1. The molecule has 0 aliphatic heterocycles. The number of aliphatic carboxylic acids is 1. The number of carboxylic acids is 1. The zero-order chi connectivity index (χ0) is 15.3. The number of imidazole rings is 1. The lowest BCUT2D eigenvalue weighted by atomic mass is 9.99. The highest BCUT2D eigenvalue weighted by Crippen LogP contribution is 2.20. The number of hydrogen-bond donors (Lipinski definition) is 3. The monoisotopic (exact) mass is 283 g/mol. The average molecular weight is 283 g/mol. The maximum Gasteiger partial charge on any atom is 0.320 e. The van der Waals surface area contributed by atoms with Crippen LogP contribution in [0, 0.1) is 5.92 Å². The van der Waals surface area contributed by atoms with Crippen molar-refractivity contribution >= 4 is 11.9 Å². The number of carbonyl (C=O) groups excluding carboxylic acids is 1. The summed E-state index contributed by atoms with van der Waals surface area (Å²) in [5, 5.41) is 9.12. The molecule has 2 atom stereocenters. The van der Waals surface area contributed by atoms with Crippen LogP contribution in [0.1, 0.15) is 45.3 Å². The van der Waals surface area contributed by atoms with Crippen LogP contribution < -0.4 is 5.73 Å². The molecule has 4 N–H and O–H groups in total. The summed E-state index contributed by atoms with van der Waals surface area (Å²) in [5.74, 6) is -3.14. The molecule has 0 aliphatic rings. The highest BCUT2D eigenvalue weighted by Gasteiger charge is 2.31. The van der Waals surface area contributed by atoms with Crippen molar-refractivity contribution in [1.29, 1.82) is 0 Å². The van der Waals surface area contributed by atoms with E-state index in [-0.39, 0.29) is 12.5 Å². The lowest BCUT2D eigenvalue weighted by Crippen LogP contribution is -2.33. The fourth-order valence-electron chi connectivity index (χ4n) is 1.69. The van der Waals surface area contributed by atoms with Crippen LogP contribution >= 0.6 is 0 Å². The van der Waals surface area contributed by atoms with E-state index in [1.165, 1.54) is 6.33 Å². The van der Waals surface area contributed by atoms with Crippen molar-refractivity contribution in [2.75, 3.05) is 0 Å². The molecule has 1 aromatic heterocycles. The van der Waals surface area contributed by atoms with Crippen LogP contribution in [0.4, 0.5) is 0 Å². The first kappa shape index (κ1) is 16.2. The highest BCUT2D eigenvalue weighted by atomic mass is 16.6. The van der Waals surface area contributed by atoms with Crippen molar-refractivity contribution in [1.82, 2.24) is 9.97 Å². The number of nitrogens with zero attached hydrogens (tertiary/aromatic N) is 1. The Labute approximate surface area is 117 Å². The van der Waals surface area contributed by atoms with Gasteiger partial charge in [0.15, 0.2) is 5.92 Å². The van der Waals surface area contributed by atoms with E-state index in [0.717, 1.165) is 0 Å². The summed E-state index contributed by atoms with van der Waals surface area (Å²) in [5.41, 5.74) is 5.89. The number of H-pyrrole nitrogens is 1. The van der Waals surface area contributed by atoms with Crippen molar-refractivity contribution in [3.63, 3.8) is 0 Å². The Hall–Kier alpha value is -1.89. The zero-order valence-electron chi connectivity index (χ0n) is 11.9. The maximum absolute atomic E-state index is 11.8. The Bertz CT molecular complexity index is 451. The molecule has 1 aromatic rings. The van der Waals surface area contributed by atoms with Gasteiger partial charge in [-0.1, -0.05) is 0 Å². The average Bonchev–Trinajstić information content (AvgIpc) is 2.79. The maximum atomic E-state index is 11.8. The van der Waals surface area contributed by atoms with Gasteiger partial charge < -0.3 is 20.6 Å². The van der Waals surface area contributed by atoms with Gasteiger partial charge in [0.25, 0.3) is 0 Å². The Morgan fingerprint density at radius 1 is 1.45 bits per heavy atom. The normalized spacial score (nSPS) is 14.6. The number of ether oxygens (including phenoxy) is 1. The van der Waals surface area contributed by atoms with Crippen molar-refractivity contribution in [2.45, 2.75) is 45.3 Å². The Morgan fingerprint density at radius 3 is 2.55 bits per heavy atom. The molecule has 0 saturated carbocycles. The second-order valence-electron chi connectivity index (χ2n) is 5.62. The third-order valence-electron chi connectivity index (χ3n) is 2.67. The molecular formula is C13H21N3O4. The topological polar surface area (TPSA) is 118 Å². The van der Waals surface area contributed by atoms with Crippen LogP contribution in [0.2, 0.25) is 0 Å². The van der Waals surface area contributed by atoms with Gasteiger partial charge in [-0.05, 0) is 33.6 Å². The first-order valence-electron chi connectivity index (χ1n) is 6.40. The first-order valence-corrected chi connectivity index (χ1v) is 6.40. The number of aromatic amines is 1. The van der Waals surface area contributed by atoms with Crippen LogP contribution in [-0.2, 0) is 14.3 Å². The summed E-state index contributed by atoms with van der Waals surface area (Å²) >= 11 is 0. The summed E-state index contributed by atoms with van der Waals surface area (Å²) in [6.45, 7) is 5.08. The van der Waals surface area contributed by atoms with E-state index in [0.29, 0.717) is 12.1 Å². The third-order valence-corrected chi connectivity index (χ3v) is 2.67. The highest BCUT2D eigenvalue weighted by molar-refractivity contribution is 5.94. The summed E-state index contributed by atoms with van der Waals surface area (Å²) in [4.78, 5) is 29.7. The van der Waals surface area contributed by atoms with Gasteiger partial charge in [-0.2, -0.15) is 0 Å². The molecule has 0 spiro atoms. The smallest absolute Gasteiger partial charge is 0.320 e. The van der Waals surface area contributed by atoms with E-state index in [2.05, 4.69) is 9.97 Å². The number of carboxylic acid groups (broad SMARTS) is 1. The lowest BCUT2D eigenvalue weighted by molar-refractivity contribution is -0.167. The molecule has 0 radical (unpaired) electrons. The minimum absolute atomic E-state index is 0.116. The number of esters is 1. The molecule has 1 heterocycles. The second-order valence-corrected chi connectivity index (χ2v) is 5.62. The van der Waals surface area contributed by atoms with Gasteiger partial charge in [0.2, 0.25) is 0 Å². The number of hydrogen-bond acceptors (Lipinski definition) is 5. The number of nitrogens with one attached hydrogen (secondary N) is 1. The number of aromatic nitrogens is 2. The molecule has 1 rings (SSSR count). The third kappa shape index (κ3) is 5.00. The predicted molar refractivity (Wildman–Crippen MR) is 71.7 cm³/mol. The minimum atomic E-state index is -1.21. The van der Waals surface area contributed by atoms with Gasteiger partial charge in [0, 0.05) is 12.2 Å². The summed E-state index contributed by atoms with van der Waals surface area (Å²) in [6.07, 6.45) is 3.54. The van der Waals surface area contributed by atoms with Crippen molar-refractivity contribution in [2.24, 2.45) is 11.7 Å². The minimum Gasteiger partial charge on any atom is -0.481 e.